The highest BCUT2D eigenvalue weighted by Gasteiger charge is 2.26. The van der Waals surface area contributed by atoms with E-state index < -0.39 is 33.9 Å². The number of nitrogens with one attached hydrogen (secondary N) is 1. The van der Waals surface area contributed by atoms with Gasteiger partial charge in [-0.15, -0.1) is 0 Å². The summed E-state index contributed by atoms with van der Waals surface area (Å²) in [4.78, 5) is 12.3. The first kappa shape index (κ1) is 25.4. The minimum absolute atomic E-state index is 0.0179. The Kier molecular flexibility index (Phi) is 7.35. The van der Waals surface area contributed by atoms with E-state index in [1.807, 2.05) is 0 Å². The third-order valence-electron chi connectivity index (χ3n) is 6.02. The predicted octanol–water partition coefficient (Wildman–Crippen LogP) is 3.89. The van der Waals surface area contributed by atoms with E-state index in [0.29, 0.717) is 40.0 Å². The van der Waals surface area contributed by atoms with Gasteiger partial charge in [0, 0.05) is 22.7 Å². The number of fused-ring (bicyclic) bond motifs is 1. The molecule has 0 aliphatic heterocycles. The van der Waals surface area contributed by atoms with Crippen molar-refractivity contribution in [3.63, 3.8) is 0 Å². The van der Waals surface area contributed by atoms with Gasteiger partial charge in [-0.25, -0.2) is 12.8 Å². The minimum Gasteiger partial charge on any atom is -0.349 e. The van der Waals surface area contributed by atoms with Crippen LogP contribution in [0, 0.1) is 6.92 Å². The Balaban J connectivity index is 1.50. The molecule has 35 heavy (non-hydrogen) atoms. The largest absolute Gasteiger partial charge is 0.349 e. The number of hydrogen-bond donors (Lipinski definition) is 1. The lowest BCUT2D eigenvalue weighted by atomic mass is 9.92. The number of hydrogen-bond acceptors (Lipinski definition) is 5. The molecule has 0 saturated heterocycles. The van der Waals surface area contributed by atoms with Gasteiger partial charge in [-0.2, -0.15) is 10.2 Å². The number of aryl methyl sites for hydroxylation is 2. The maximum atomic E-state index is 15.3. The first-order chi connectivity index (χ1) is 16.6. The molecule has 0 fully saturated rings. The van der Waals surface area contributed by atoms with Gasteiger partial charge in [0.2, 0.25) is 5.91 Å². The Morgan fingerprint density at radius 3 is 2.66 bits per heavy atom. The quantitative estimate of drug-likeness (QED) is 0.491. The molecule has 4 rings (SSSR count). The van der Waals surface area contributed by atoms with Gasteiger partial charge in [-0.3, -0.25) is 14.2 Å². The highest BCUT2D eigenvalue weighted by Crippen LogP contribution is 2.34. The number of benzene rings is 1. The van der Waals surface area contributed by atoms with Crippen LogP contribution in [-0.2, 0) is 34.6 Å². The van der Waals surface area contributed by atoms with Crippen LogP contribution in [0.2, 0.25) is 10.0 Å². The number of aromatic nitrogens is 4. The molecule has 0 radical (unpaired) electrons. The molecule has 1 N–H and O–H groups in total. The minimum atomic E-state index is -3.90. The average molecular weight is 540 g/mol. The number of allylic oxidation sites excluding steroid dienone is 1. The van der Waals surface area contributed by atoms with Crippen LogP contribution in [0.5, 0.6) is 0 Å². The Morgan fingerprint density at radius 2 is 1.97 bits per heavy atom. The molecule has 186 valence electrons. The van der Waals surface area contributed by atoms with Crippen molar-refractivity contribution in [1.82, 2.24) is 24.9 Å². The summed E-state index contributed by atoms with van der Waals surface area (Å²) >= 11 is 12.3. The van der Waals surface area contributed by atoms with Crippen LogP contribution in [0.1, 0.15) is 35.4 Å². The molecule has 3 aromatic rings. The van der Waals surface area contributed by atoms with Crippen LogP contribution in [0.15, 0.2) is 41.3 Å². The molecule has 1 aliphatic carbocycles. The Labute approximate surface area is 212 Å². The second-order valence-electron chi connectivity index (χ2n) is 8.40. The number of sulfone groups is 1. The van der Waals surface area contributed by atoms with Crippen LogP contribution >= 0.6 is 23.2 Å². The summed E-state index contributed by atoms with van der Waals surface area (Å²) in [5, 5.41) is 11.7. The van der Waals surface area contributed by atoms with Crippen LogP contribution in [0.25, 0.3) is 5.57 Å². The fraction of sp³-hybridized carbons (Fsp3) is 0.348. The number of carbonyl (C=O) groups excluding carboxylic acids is 1. The van der Waals surface area contributed by atoms with E-state index in [1.54, 1.807) is 43.0 Å². The van der Waals surface area contributed by atoms with Gasteiger partial charge in [-0.1, -0.05) is 29.3 Å². The average Bonchev–Trinajstić information content (AvgIpc) is 3.37. The van der Waals surface area contributed by atoms with E-state index >= 15 is 4.39 Å². The molecule has 12 heteroatoms. The van der Waals surface area contributed by atoms with Crippen LogP contribution in [-0.4, -0.2) is 46.2 Å². The lowest BCUT2D eigenvalue weighted by Gasteiger charge is -2.19. The Hall–Kier alpha value is -2.69. The topological polar surface area (TPSA) is 98.9 Å². The van der Waals surface area contributed by atoms with Crippen molar-refractivity contribution in [1.29, 1.82) is 0 Å². The lowest BCUT2D eigenvalue weighted by Crippen LogP contribution is -2.31. The SMILES string of the molecule is Cc1c(S(=O)(=O)CC(=O)NC/C(F)=C2\CCCc3cnn(Cc4ccc(Cl)cc4Cl)c32)cnn1C. The molecule has 0 unspecified atom stereocenters. The third kappa shape index (κ3) is 5.44. The van der Waals surface area contributed by atoms with E-state index in [9.17, 15) is 13.2 Å². The first-order valence-electron chi connectivity index (χ1n) is 10.9. The summed E-state index contributed by atoms with van der Waals surface area (Å²) in [5.74, 6) is -2.11. The van der Waals surface area contributed by atoms with Crippen molar-refractivity contribution < 1.29 is 17.6 Å². The Bertz CT molecular complexity index is 1430. The highest BCUT2D eigenvalue weighted by molar-refractivity contribution is 7.92. The summed E-state index contributed by atoms with van der Waals surface area (Å²) in [6.45, 7) is 1.52. The summed E-state index contributed by atoms with van der Waals surface area (Å²) in [6, 6.07) is 5.17. The van der Waals surface area contributed by atoms with Crippen molar-refractivity contribution >= 4 is 44.5 Å². The standard InChI is InChI=1S/C23H24Cl2FN5O3S/c1-14-21(11-28-30(14)2)35(33,34)13-22(32)27-10-20(26)18-5-3-4-15-9-29-31(23(15)18)12-16-6-7-17(24)8-19(16)25/h6-9,11H,3-5,10,12-13H2,1-2H3,(H,27,32)/b20-18-. The second kappa shape index (κ2) is 10.1. The van der Waals surface area contributed by atoms with Crippen LogP contribution in [0.3, 0.4) is 0 Å². The molecular formula is C23H24Cl2FN5O3S. The van der Waals surface area contributed by atoms with Gasteiger partial charge in [0.25, 0.3) is 0 Å². The van der Waals surface area contributed by atoms with Crippen molar-refractivity contribution in [2.45, 2.75) is 37.6 Å². The Morgan fingerprint density at radius 1 is 1.20 bits per heavy atom. The van der Waals surface area contributed by atoms with Crippen molar-refractivity contribution in [2.75, 3.05) is 12.3 Å². The number of carbonyl (C=O) groups is 1. The zero-order valence-corrected chi connectivity index (χ0v) is 21.5. The predicted molar refractivity (Wildman–Crippen MR) is 132 cm³/mol. The third-order valence-corrected chi connectivity index (χ3v) is 8.32. The monoisotopic (exact) mass is 539 g/mol. The van der Waals surface area contributed by atoms with Gasteiger partial charge < -0.3 is 5.32 Å². The van der Waals surface area contributed by atoms with Crippen molar-refractivity contribution in [3.05, 3.63) is 69.0 Å². The van der Waals surface area contributed by atoms with E-state index in [-0.39, 0.29) is 4.90 Å². The molecule has 0 atom stereocenters. The second-order valence-corrected chi connectivity index (χ2v) is 11.2. The summed E-state index contributed by atoms with van der Waals surface area (Å²) in [6.07, 6.45) is 4.90. The molecular weight excluding hydrogens is 516 g/mol. The maximum absolute atomic E-state index is 15.3. The van der Waals surface area contributed by atoms with E-state index in [1.165, 1.54) is 10.9 Å². The molecule has 0 spiro atoms. The van der Waals surface area contributed by atoms with Gasteiger partial charge in [-0.05, 0) is 49.4 Å². The fourth-order valence-electron chi connectivity index (χ4n) is 4.09. The van der Waals surface area contributed by atoms with Crippen molar-refractivity contribution in [2.24, 2.45) is 7.05 Å². The molecule has 2 heterocycles. The fourth-order valence-corrected chi connectivity index (χ4v) is 5.95. The van der Waals surface area contributed by atoms with Crippen LogP contribution in [0.4, 0.5) is 4.39 Å². The molecule has 8 nitrogen and oxygen atoms in total. The zero-order valence-electron chi connectivity index (χ0n) is 19.2. The van der Waals surface area contributed by atoms with Gasteiger partial charge >= 0.3 is 0 Å². The number of amides is 1. The summed E-state index contributed by atoms with van der Waals surface area (Å²) in [7, 11) is -2.29. The van der Waals surface area contributed by atoms with E-state index in [2.05, 4.69) is 15.5 Å². The summed E-state index contributed by atoms with van der Waals surface area (Å²) < 4.78 is 43.5. The van der Waals surface area contributed by atoms with Crippen molar-refractivity contribution in [3.8, 4) is 0 Å². The molecule has 0 saturated carbocycles. The molecule has 0 bridgehead atoms. The highest BCUT2D eigenvalue weighted by atomic mass is 35.5. The number of rotatable bonds is 7. The molecule has 2 aromatic heterocycles. The van der Waals surface area contributed by atoms with E-state index in [4.69, 9.17) is 23.2 Å². The normalized spacial score (nSPS) is 15.1. The molecule has 1 amide bonds. The number of nitrogens with zero attached hydrogens (tertiary/aromatic N) is 4. The van der Waals surface area contributed by atoms with Gasteiger partial charge in [0.05, 0.1) is 36.9 Å². The zero-order chi connectivity index (χ0) is 25.3. The van der Waals surface area contributed by atoms with E-state index in [0.717, 1.165) is 24.0 Å². The summed E-state index contributed by atoms with van der Waals surface area (Å²) in [5.41, 5.74) is 3.23. The first-order valence-corrected chi connectivity index (χ1v) is 13.3. The molecule has 1 aromatic carbocycles. The number of halogens is 3. The van der Waals surface area contributed by atoms with Crippen LogP contribution < -0.4 is 5.32 Å². The lowest BCUT2D eigenvalue weighted by molar-refractivity contribution is -0.118. The van der Waals surface area contributed by atoms with Gasteiger partial charge in [0.1, 0.15) is 16.5 Å². The molecule has 1 aliphatic rings. The van der Waals surface area contributed by atoms with Gasteiger partial charge in [0.15, 0.2) is 9.84 Å². The maximum Gasteiger partial charge on any atom is 0.235 e. The smallest absolute Gasteiger partial charge is 0.235 e.